The van der Waals surface area contributed by atoms with Crippen LogP contribution in [0, 0.1) is 0 Å². The average Bonchev–Trinajstić information content (AvgIpc) is 2.67. The summed E-state index contributed by atoms with van der Waals surface area (Å²) in [5, 5.41) is 3.29. The summed E-state index contributed by atoms with van der Waals surface area (Å²) in [6.07, 6.45) is 6.01. The van der Waals surface area contributed by atoms with Crippen LogP contribution in [0.2, 0.25) is 0 Å². The summed E-state index contributed by atoms with van der Waals surface area (Å²) in [7, 11) is 0. The standard InChI is InChI=1S/C13H11N/c1-2-11-8-9-13(10-11)14-12-6-4-3-5-7-12/h3-10,14H,1H2. The number of allylic oxidation sites excluding steroid dienone is 4. The number of hydrogen-bond acceptors (Lipinski definition) is 1. The van der Waals surface area contributed by atoms with E-state index in [1.165, 1.54) is 0 Å². The van der Waals surface area contributed by atoms with Crippen LogP contribution in [0.4, 0.5) is 5.69 Å². The second-order valence-electron chi connectivity index (χ2n) is 3.06. The van der Waals surface area contributed by atoms with Gasteiger partial charge >= 0.3 is 0 Å². The van der Waals surface area contributed by atoms with Gasteiger partial charge in [-0.15, -0.1) is 5.73 Å². The Morgan fingerprint density at radius 2 is 1.86 bits per heavy atom. The maximum Gasteiger partial charge on any atom is 0.0396 e. The third-order valence-electron chi connectivity index (χ3n) is 2.02. The highest BCUT2D eigenvalue weighted by Gasteiger charge is 2.00. The highest BCUT2D eigenvalue weighted by Crippen LogP contribution is 2.16. The van der Waals surface area contributed by atoms with Gasteiger partial charge in [0.25, 0.3) is 0 Å². The zero-order valence-corrected chi connectivity index (χ0v) is 7.83. The monoisotopic (exact) mass is 181 g/mol. The molecule has 14 heavy (non-hydrogen) atoms. The molecule has 1 aliphatic rings. The van der Waals surface area contributed by atoms with Crippen molar-refractivity contribution in [2.24, 2.45) is 0 Å². The van der Waals surface area contributed by atoms with Crippen molar-refractivity contribution in [1.29, 1.82) is 0 Å². The first kappa shape index (κ1) is 8.61. The molecule has 1 nitrogen and oxygen atoms in total. The molecule has 0 amide bonds. The molecule has 1 N–H and O–H groups in total. The first-order valence-electron chi connectivity index (χ1n) is 4.50. The molecule has 0 atom stereocenters. The molecular formula is C13H11N. The van der Waals surface area contributed by atoms with Crippen LogP contribution >= 0.6 is 0 Å². The third-order valence-corrected chi connectivity index (χ3v) is 2.02. The molecule has 0 spiro atoms. The first-order chi connectivity index (χ1) is 6.88. The zero-order valence-electron chi connectivity index (χ0n) is 7.83. The van der Waals surface area contributed by atoms with Crippen molar-refractivity contribution in [3.8, 4) is 0 Å². The Bertz CT molecular complexity index is 432. The zero-order chi connectivity index (χ0) is 9.80. The van der Waals surface area contributed by atoms with E-state index >= 15 is 0 Å². The number of hydrogen-bond donors (Lipinski definition) is 1. The van der Waals surface area contributed by atoms with E-state index in [1.807, 2.05) is 48.6 Å². The van der Waals surface area contributed by atoms with E-state index in [2.05, 4.69) is 17.6 Å². The molecular weight excluding hydrogens is 170 g/mol. The van der Waals surface area contributed by atoms with E-state index in [0.29, 0.717) is 0 Å². The van der Waals surface area contributed by atoms with Gasteiger partial charge in [0.2, 0.25) is 0 Å². The Labute approximate surface area is 83.8 Å². The lowest BCUT2D eigenvalue weighted by atomic mass is 10.3. The van der Waals surface area contributed by atoms with E-state index in [-0.39, 0.29) is 0 Å². The second-order valence-corrected chi connectivity index (χ2v) is 3.06. The molecule has 0 unspecified atom stereocenters. The summed E-state index contributed by atoms with van der Waals surface area (Å²) in [6, 6.07) is 10.1. The molecule has 1 aromatic rings. The minimum absolute atomic E-state index is 1.02. The molecule has 0 heterocycles. The van der Waals surface area contributed by atoms with Gasteiger partial charge < -0.3 is 5.32 Å². The van der Waals surface area contributed by atoms with Gasteiger partial charge in [0.15, 0.2) is 0 Å². The van der Waals surface area contributed by atoms with Crippen LogP contribution in [0.25, 0.3) is 0 Å². The molecule has 68 valence electrons. The molecule has 0 aliphatic heterocycles. The van der Waals surface area contributed by atoms with Crippen LogP contribution in [0.1, 0.15) is 0 Å². The average molecular weight is 181 g/mol. The van der Waals surface area contributed by atoms with E-state index < -0.39 is 0 Å². The van der Waals surface area contributed by atoms with Crippen molar-refractivity contribution in [2.45, 2.75) is 0 Å². The van der Waals surface area contributed by atoms with E-state index in [0.717, 1.165) is 17.0 Å². The number of anilines is 1. The maximum absolute atomic E-state index is 3.60. The van der Waals surface area contributed by atoms with Gasteiger partial charge in [0, 0.05) is 17.0 Å². The van der Waals surface area contributed by atoms with Crippen LogP contribution in [-0.4, -0.2) is 0 Å². The fraction of sp³-hybridized carbons (Fsp3) is 0. The predicted molar refractivity (Wildman–Crippen MR) is 59.9 cm³/mol. The molecule has 0 aromatic heterocycles. The lowest BCUT2D eigenvalue weighted by Gasteiger charge is -2.03. The molecule has 1 heteroatoms. The smallest absolute Gasteiger partial charge is 0.0396 e. The summed E-state index contributed by atoms with van der Waals surface area (Å²) in [5.74, 6) is 0. The Hall–Kier alpha value is -1.98. The summed E-state index contributed by atoms with van der Waals surface area (Å²) >= 11 is 0. The summed E-state index contributed by atoms with van der Waals surface area (Å²) in [6.45, 7) is 3.60. The number of para-hydroxylation sites is 1. The van der Waals surface area contributed by atoms with Gasteiger partial charge in [0.05, 0.1) is 0 Å². The molecule has 1 aromatic carbocycles. The van der Waals surface area contributed by atoms with Crippen LogP contribution in [0.3, 0.4) is 0 Å². The number of rotatable bonds is 2. The fourth-order valence-corrected chi connectivity index (χ4v) is 1.32. The molecule has 2 rings (SSSR count). The van der Waals surface area contributed by atoms with Crippen molar-refractivity contribution in [2.75, 3.05) is 5.32 Å². The van der Waals surface area contributed by atoms with Gasteiger partial charge in [-0.25, -0.2) is 0 Å². The maximum atomic E-state index is 3.60. The summed E-state index contributed by atoms with van der Waals surface area (Å²) in [5.41, 5.74) is 6.02. The topological polar surface area (TPSA) is 12.0 Å². The Balaban J connectivity index is 2.15. The van der Waals surface area contributed by atoms with Crippen LogP contribution in [0.15, 0.2) is 72.1 Å². The number of benzene rings is 1. The molecule has 0 fully saturated rings. The van der Waals surface area contributed by atoms with Gasteiger partial charge in [-0.3, -0.25) is 0 Å². The molecule has 0 bridgehead atoms. The first-order valence-corrected chi connectivity index (χ1v) is 4.50. The number of nitrogens with one attached hydrogen (secondary N) is 1. The van der Waals surface area contributed by atoms with Crippen molar-refractivity contribution in [3.63, 3.8) is 0 Å². The Kier molecular flexibility index (Phi) is 2.35. The molecule has 0 saturated heterocycles. The highest BCUT2D eigenvalue weighted by atomic mass is 14.9. The van der Waals surface area contributed by atoms with Crippen LogP contribution in [0.5, 0.6) is 0 Å². The van der Waals surface area contributed by atoms with Crippen molar-refractivity contribution in [1.82, 2.24) is 0 Å². The summed E-state index contributed by atoms with van der Waals surface area (Å²) in [4.78, 5) is 0. The molecule has 1 aliphatic carbocycles. The van der Waals surface area contributed by atoms with Crippen LogP contribution in [-0.2, 0) is 0 Å². The van der Waals surface area contributed by atoms with Gasteiger partial charge in [-0.05, 0) is 30.4 Å². The Morgan fingerprint density at radius 3 is 2.50 bits per heavy atom. The Morgan fingerprint density at radius 1 is 1.07 bits per heavy atom. The largest absolute Gasteiger partial charge is 0.355 e. The molecule has 0 radical (unpaired) electrons. The predicted octanol–water partition coefficient (Wildman–Crippen LogP) is 3.26. The normalized spacial score (nSPS) is 13.7. The lowest BCUT2D eigenvalue weighted by Crippen LogP contribution is -1.93. The van der Waals surface area contributed by atoms with Gasteiger partial charge in [-0.1, -0.05) is 24.8 Å². The lowest BCUT2D eigenvalue weighted by molar-refractivity contribution is 1.49. The minimum atomic E-state index is 1.02. The van der Waals surface area contributed by atoms with Crippen LogP contribution < -0.4 is 5.32 Å². The highest BCUT2D eigenvalue weighted by molar-refractivity contribution is 5.56. The molecule has 0 saturated carbocycles. The van der Waals surface area contributed by atoms with E-state index in [4.69, 9.17) is 0 Å². The quantitative estimate of drug-likeness (QED) is 0.690. The minimum Gasteiger partial charge on any atom is -0.355 e. The second kappa shape index (κ2) is 3.82. The van der Waals surface area contributed by atoms with E-state index in [9.17, 15) is 0 Å². The third kappa shape index (κ3) is 1.85. The SMILES string of the molecule is C=C=C1C=CC(Nc2ccccc2)=C1. The summed E-state index contributed by atoms with van der Waals surface area (Å²) < 4.78 is 0. The van der Waals surface area contributed by atoms with Crippen molar-refractivity contribution >= 4 is 5.69 Å². The van der Waals surface area contributed by atoms with Crippen molar-refractivity contribution < 1.29 is 0 Å². The fourth-order valence-electron chi connectivity index (χ4n) is 1.32. The van der Waals surface area contributed by atoms with Gasteiger partial charge in [-0.2, -0.15) is 0 Å². The van der Waals surface area contributed by atoms with Gasteiger partial charge in [0.1, 0.15) is 0 Å². The van der Waals surface area contributed by atoms with Crippen molar-refractivity contribution in [3.05, 3.63) is 72.1 Å². The van der Waals surface area contributed by atoms with E-state index in [1.54, 1.807) is 0 Å².